The molecule has 0 saturated heterocycles. The fourth-order valence-electron chi connectivity index (χ4n) is 4.84. The van der Waals surface area contributed by atoms with Crippen molar-refractivity contribution >= 4 is 27.2 Å². The van der Waals surface area contributed by atoms with Crippen LogP contribution in [0.15, 0.2) is 121 Å². The number of thiophene rings is 1. The Hall–Kier alpha value is -4.67. The molecule has 37 heavy (non-hydrogen) atoms. The van der Waals surface area contributed by atoms with E-state index in [9.17, 15) is 15.0 Å². The van der Waals surface area contributed by atoms with Crippen molar-refractivity contribution < 1.29 is 15.0 Å². The number of benzene rings is 5. The Balaban J connectivity index is 1.71. The van der Waals surface area contributed by atoms with Crippen molar-refractivity contribution in [3.05, 3.63) is 132 Å². The van der Waals surface area contributed by atoms with E-state index >= 15 is 0 Å². The van der Waals surface area contributed by atoms with Crippen molar-refractivity contribution in [3.63, 3.8) is 0 Å². The number of para-hydroxylation sites is 1. The first kappa shape index (κ1) is 22.8. The van der Waals surface area contributed by atoms with Gasteiger partial charge in [0.05, 0.1) is 0 Å². The maximum absolute atomic E-state index is 14.2. The van der Waals surface area contributed by atoms with Crippen molar-refractivity contribution in [3.8, 4) is 44.9 Å². The Morgan fingerprint density at radius 3 is 2.05 bits per heavy atom. The summed E-state index contributed by atoms with van der Waals surface area (Å²) in [6, 6.07) is 35.7. The van der Waals surface area contributed by atoms with Crippen LogP contribution in [0.2, 0.25) is 0 Å². The van der Waals surface area contributed by atoms with Gasteiger partial charge in [-0.15, -0.1) is 11.3 Å². The minimum atomic E-state index is -0.0863. The van der Waals surface area contributed by atoms with Crippen LogP contribution in [-0.2, 0) is 0 Å². The first-order chi connectivity index (χ1) is 18.1. The molecule has 0 aliphatic carbocycles. The molecule has 0 atom stereocenters. The number of carbonyl (C=O) groups excluding carboxylic acids is 1. The van der Waals surface area contributed by atoms with Crippen molar-refractivity contribution in [2.24, 2.45) is 0 Å². The summed E-state index contributed by atoms with van der Waals surface area (Å²) in [7, 11) is 0. The predicted molar refractivity (Wildman–Crippen MR) is 151 cm³/mol. The van der Waals surface area contributed by atoms with Gasteiger partial charge >= 0.3 is 0 Å². The van der Waals surface area contributed by atoms with E-state index in [1.54, 1.807) is 35.6 Å². The molecule has 5 aromatic carbocycles. The van der Waals surface area contributed by atoms with E-state index in [1.807, 2.05) is 96.4 Å². The summed E-state index contributed by atoms with van der Waals surface area (Å²) >= 11 is 1.55. The fraction of sp³-hybridized carbons (Fsp3) is 0. The lowest BCUT2D eigenvalue weighted by Crippen LogP contribution is -2.05. The van der Waals surface area contributed by atoms with E-state index in [2.05, 4.69) is 0 Å². The average molecular weight is 499 g/mol. The highest BCUT2D eigenvalue weighted by Gasteiger charge is 2.25. The van der Waals surface area contributed by atoms with Gasteiger partial charge in [0, 0.05) is 43.3 Å². The summed E-state index contributed by atoms with van der Waals surface area (Å²) in [5, 5.41) is 23.8. The van der Waals surface area contributed by atoms with Crippen LogP contribution >= 0.6 is 11.3 Å². The van der Waals surface area contributed by atoms with Crippen LogP contribution in [0.3, 0.4) is 0 Å². The second-order valence-electron chi connectivity index (χ2n) is 8.82. The standard InChI is InChI=1S/C33H22O3S/c34-23-16-14-22(15-17-23)31-27(33(36)28-20-37-30-13-7-5-10-25(28)30)19-18-24(21-8-2-1-3-9-21)32(31)26-11-4-6-12-29(26)35/h1-20,34-35H. The topological polar surface area (TPSA) is 57.5 Å². The summed E-state index contributed by atoms with van der Waals surface area (Å²) in [6.07, 6.45) is 0. The van der Waals surface area contributed by atoms with Crippen LogP contribution in [0, 0.1) is 0 Å². The lowest BCUT2D eigenvalue weighted by Gasteiger charge is -2.20. The van der Waals surface area contributed by atoms with Crippen LogP contribution < -0.4 is 0 Å². The molecule has 3 nitrogen and oxygen atoms in total. The molecule has 0 unspecified atom stereocenters. The van der Waals surface area contributed by atoms with Gasteiger partial charge in [-0.3, -0.25) is 4.79 Å². The number of hydrogen-bond acceptors (Lipinski definition) is 4. The summed E-state index contributed by atoms with van der Waals surface area (Å²) in [5.41, 5.74) is 5.94. The van der Waals surface area contributed by atoms with Gasteiger partial charge in [-0.25, -0.2) is 0 Å². The fourth-order valence-corrected chi connectivity index (χ4v) is 5.78. The zero-order valence-corrected chi connectivity index (χ0v) is 20.6. The van der Waals surface area contributed by atoms with Crippen LogP contribution in [0.25, 0.3) is 43.5 Å². The highest BCUT2D eigenvalue weighted by molar-refractivity contribution is 7.17. The Morgan fingerprint density at radius 2 is 1.27 bits per heavy atom. The molecule has 0 bridgehead atoms. The molecular weight excluding hydrogens is 476 g/mol. The van der Waals surface area contributed by atoms with Gasteiger partial charge in [0.2, 0.25) is 0 Å². The van der Waals surface area contributed by atoms with Crippen LogP contribution in [0.5, 0.6) is 11.5 Å². The molecule has 0 amide bonds. The molecule has 0 aliphatic heterocycles. The SMILES string of the molecule is O=C(c1ccc(-c2ccccc2)c(-c2ccccc2O)c1-c1ccc(O)cc1)c1csc2ccccc12. The normalized spacial score (nSPS) is 11.0. The second-order valence-corrected chi connectivity index (χ2v) is 9.73. The number of ketones is 1. The quantitative estimate of drug-likeness (QED) is 0.234. The Kier molecular flexibility index (Phi) is 5.79. The molecule has 1 heterocycles. The smallest absolute Gasteiger partial charge is 0.195 e. The van der Waals surface area contributed by atoms with Crippen molar-refractivity contribution in [1.29, 1.82) is 0 Å². The van der Waals surface area contributed by atoms with Gasteiger partial charge in [0.1, 0.15) is 11.5 Å². The maximum Gasteiger partial charge on any atom is 0.195 e. The van der Waals surface area contributed by atoms with Crippen LogP contribution in [0.1, 0.15) is 15.9 Å². The number of aromatic hydroxyl groups is 2. The zero-order chi connectivity index (χ0) is 25.4. The first-order valence-corrected chi connectivity index (χ1v) is 12.8. The molecular formula is C33H22O3S. The third-order valence-corrected chi connectivity index (χ3v) is 7.55. The Labute approximate surface area is 218 Å². The highest BCUT2D eigenvalue weighted by atomic mass is 32.1. The highest BCUT2D eigenvalue weighted by Crippen LogP contribution is 2.46. The summed E-state index contributed by atoms with van der Waals surface area (Å²) in [4.78, 5) is 14.2. The second kappa shape index (κ2) is 9.41. The van der Waals surface area contributed by atoms with Crippen molar-refractivity contribution in [1.82, 2.24) is 0 Å². The molecule has 4 heteroatoms. The van der Waals surface area contributed by atoms with Gasteiger partial charge in [0.15, 0.2) is 5.78 Å². The van der Waals surface area contributed by atoms with E-state index in [1.165, 1.54) is 0 Å². The number of phenols is 2. The lowest BCUT2D eigenvalue weighted by molar-refractivity contribution is 0.104. The van der Waals surface area contributed by atoms with Crippen molar-refractivity contribution in [2.75, 3.05) is 0 Å². The summed E-state index contributed by atoms with van der Waals surface area (Å²) < 4.78 is 1.05. The summed E-state index contributed by atoms with van der Waals surface area (Å²) in [6.45, 7) is 0. The number of hydrogen-bond donors (Lipinski definition) is 2. The minimum Gasteiger partial charge on any atom is -0.508 e. The zero-order valence-electron chi connectivity index (χ0n) is 19.8. The molecule has 0 radical (unpaired) electrons. The lowest BCUT2D eigenvalue weighted by atomic mass is 9.82. The van der Waals surface area contributed by atoms with E-state index in [-0.39, 0.29) is 17.3 Å². The van der Waals surface area contributed by atoms with Gasteiger partial charge in [-0.2, -0.15) is 0 Å². The molecule has 0 spiro atoms. The van der Waals surface area contributed by atoms with Gasteiger partial charge in [-0.05, 0) is 47.0 Å². The summed E-state index contributed by atoms with van der Waals surface area (Å²) in [5.74, 6) is 0.186. The molecule has 6 aromatic rings. The predicted octanol–water partition coefficient (Wildman–Crippen LogP) is 8.54. The van der Waals surface area contributed by atoms with E-state index < -0.39 is 0 Å². The monoisotopic (exact) mass is 498 g/mol. The van der Waals surface area contributed by atoms with E-state index in [0.717, 1.165) is 32.3 Å². The number of rotatable bonds is 5. The number of carbonyl (C=O) groups is 1. The van der Waals surface area contributed by atoms with E-state index in [0.29, 0.717) is 22.3 Å². The van der Waals surface area contributed by atoms with Gasteiger partial charge in [-0.1, -0.05) is 84.9 Å². The third kappa shape index (κ3) is 4.07. The first-order valence-electron chi connectivity index (χ1n) is 11.9. The molecule has 0 aliphatic rings. The van der Waals surface area contributed by atoms with Gasteiger partial charge < -0.3 is 10.2 Å². The molecule has 1 aromatic heterocycles. The molecule has 6 rings (SSSR count). The Bertz CT molecular complexity index is 1750. The largest absolute Gasteiger partial charge is 0.508 e. The van der Waals surface area contributed by atoms with Crippen molar-refractivity contribution in [2.45, 2.75) is 0 Å². The third-order valence-electron chi connectivity index (χ3n) is 6.59. The average Bonchev–Trinajstić information content (AvgIpc) is 3.37. The molecule has 0 fully saturated rings. The van der Waals surface area contributed by atoms with Gasteiger partial charge in [0.25, 0.3) is 0 Å². The number of phenolic OH excluding ortho intramolecular Hbond substituents is 2. The van der Waals surface area contributed by atoms with Crippen LogP contribution in [-0.4, -0.2) is 16.0 Å². The molecule has 2 N–H and O–H groups in total. The molecule has 0 saturated carbocycles. The van der Waals surface area contributed by atoms with E-state index in [4.69, 9.17) is 0 Å². The maximum atomic E-state index is 14.2. The number of fused-ring (bicyclic) bond motifs is 1. The Morgan fingerprint density at radius 1 is 0.568 bits per heavy atom. The minimum absolute atomic E-state index is 0.0863. The molecule has 178 valence electrons. The van der Waals surface area contributed by atoms with Crippen LogP contribution in [0.4, 0.5) is 0 Å².